The lowest BCUT2D eigenvalue weighted by Gasteiger charge is -2.14. The summed E-state index contributed by atoms with van der Waals surface area (Å²) in [7, 11) is 0. The highest BCUT2D eigenvalue weighted by atomic mass is 15.2. The van der Waals surface area contributed by atoms with E-state index in [1.54, 1.807) is 0 Å². The van der Waals surface area contributed by atoms with E-state index >= 15 is 0 Å². The molecule has 0 N–H and O–H groups in total. The quantitative estimate of drug-likeness (QED) is 0.172. The standard InChI is InChI=1S/C52H34N4/c1-4-16-35(17-5-1)40-22-10-13-25-47(40)55-48-26-14-12-24-42(48)44-32-38(29-31-50(44)55)39-28-30-43-41-23-11-15-27-49(41)56(51(43)33-39)52-53-45(36-18-6-2-7-19-36)34-46(54-52)37-20-8-3-9-21-37/h1-34H. The van der Waals surface area contributed by atoms with Crippen molar-refractivity contribution in [3.05, 3.63) is 206 Å². The minimum absolute atomic E-state index is 0.643. The Morgan fingerprint density at radius 3 is 1.45 bits per heavy atom. The van der Waals surface area contributed by atoms with Gasteiger partial charge < -0.3 is 4.57 Å². The zero-order valence-corrected chi connectivity index (χ0v) is 30.4. The molecule has 3 heterocycles. The van der Waals surface area contributed by atoms with Gasteiger partial charge in [0, 0.05) is 38.2 Å². The molecule has 4 nitrogen and oxygen atoms in total. The van der Waals surface area contributed by atoms with E-state index in [1.165, 1.54) is 38.3 Å². The monoisotopic (exact) mass is 714 g/mol. The van der Waals surface area contributed by atoms with Gasteiger partial charge in [0.2, 0.25) is 5.95 Å². The molecule has 0 saturated heterocycles. The van der Waals surface area contributed by atoms with Gasteiger partial charge in [0.05, 0.1) is 39.1 Å². The van der Waals surface area contributed by atoms with Crippen LogP contribution in [0.25, 0.3) is 100 Å². The number of benzene rings is 8. The number of aromatic nitrogens is 4. The summed E-state index contributed by atoms with van der Waals surface area (Å²) in [6.07, 6.45) is 0. The number of para-hydroxylation sites is 3. The molecular formula is C52H34N4. The van der Waals surface area contributed by atoms with Crippen LogP contribution in [-0.2, 0) is 0 Å². The first-order valence-corrected chi connectivity index (χ1v) is 19.0. The van der Waals surface area contributed by atoms with Crippen molar-refractivity contribution in [1.82, 2.24) is 19.1 Å². The first-order valence-electron chi connectivity index (χ1n) is 19.0. The number of hydrogen-bond donors (Lipinski definition) is 0. The highest BCUT2D eigenvalue weighted by Gasteiger charge is 2.19. The van der Waals surface area contributed by atoms with Crippen LogP contribution in [-0.4, -0.2) is 19.1 Å². The summed E-state index contributed by atoms with van der Waals surface area (Å²) in [5.41, 5.74) is 14.2. The first kappa shape index (κ1) is 31.9. The predicted molar refractivity (Wildman–Crippen MR) is 232 cm³/mol. The largest absolute Gasteiger partial charge is 0.309 e. The Morgan fingerprint density at radius 2 is 0.768 bits per heavy atom. The van der Waals surface area contributed by atoms with E-state index in [4.69, 9.17) is 9.97 Å². The van der Waals surface area contributed by atoms with Crippen molar-refractivity contribution in [2.24, 2.45) is 0 Å². The summed E-state index contributed by atoms with van der Waals surface area (Å²) >= 11 is 0. The normalized spacial score (nSPS) is 11.6. The molecule has 0 fully saturated rings. The fraction of sp³-hybridized carbons (Fsp3) is 0. The van der Waals surface area contributed by atoms with Crippen molar-refractivity contribution >= 4 is 43.6 Å². The minimum Gasteiger partial charge on any atom is -0.309 e. The molecule has 0 amide bonds. The second-order valence-corrected chi connectivity index (χ2v) is 14.2. The minimum atomic E-state index is 0.643. The second-order valence-electron chi connectivity index (χ2n) is 14.2. The van der Waals surface area contributed by atoms with E-state index in [9.17, 15) is 0 Å². The fourth-order valence-electron chi connectivity index (χ4n) is 8.36. The van der Waals surface area contributed by atoms with Gasteiger partial charge in [-0.2, -0.15) is 0 Å². The molecule has 0 aliphatic carbocycles. The van der Waals surface area contributed by atoms with Crippen molar-refractivity contribution in [2.75, 3.05) is 0 Å². The third-order valence-electron chi connectivity index (χ3n) is 11.0. The number of fused-ring (bicyclic) bond motifs is 6. The molecule has 0 atom stereocenters. The van der Waals surface area contributed by atoms with Crippen LogP contribution in [0.5, 0.6) is 0 Å². The third-order valence-corrected chi connectivity index (χ3v) is 11.0. The van der Waals surface area contributed by atoms with Crippen molar-refractivity contribution in [3.63, 3.8) is 0 Å². The summed E-state index contributed by atoms with van der Waals surface area (Å²) in [5.74, 6) is 0.643. The summed E-state index contributed by atoms with van der Waals surface area (Å²) in [4.78, 5) is 10.5. The lowest BCUT2D eigenvalue weighted by atomic mass is 10.0. The average molecular weight is 715 g/mol. The predicted octanol–water partition coefficient (Wildman–Crippen LogP) is 13.3. The summed E-state index contributed by atoms with van der Waals surface area (Å²) < 4.78 is 4.65. The molecule has 0 saturated carbocycles. The Morgan fingerprint density at radius 1 is 0.286 bits per heavy atom. The van der Waals surface area contributed by atoms with E-state index in [0.29, 0.717) is 5.95 Å². The molecule has 262 valence electrons. The molecule has 0 unspecified atom stereocenters. The van der Waals surface area contributed by atoms with E-state index in [2.05, 4.69) is 203 Å². The molecule has 8 aromatic carbocycles. The maximum Gasteiger partial charge on any atom is 0.235 e. The van der Waals surface area contributed by atoms with Crippen LogP contribution >= 0.6 is 0 Å². The number of rotatable bonds is 6. The van der Waals surface area contributed by atoms with Crippen LogP contribution in [0.15, 0.2) is 206 Å². The van der Waals surface area contributed by atoms with Crippen LogP contribution in [0.4, 0.5) is 0 Å². The van der Waals surface area contributed by atoms with E-state index in [0.717, 1.165) is 55.7 Å². The second kappa shape index (κ2) is 13.1. The molecule has 0 bridgehead atoms. The van der Waals surface area contributed by atoms with E-state index in [1.807, 2.05) is 12.1 Å². The van der Waals surface area contributed by atoms with Gasteiger partial charge in [-0.05, 0) is 59.2 Å². The van der Waals surface area contributed by atoms with Gasteiger partial charge in [0.15, 0.2) is 0 Å². The zero-order valence-electron chi connectivity index (χ0n) is 30.4. The third kappa shape index (κ3) is 5.23. The van der Waals surface area contributed by atoms with Gasteiger partial charge in [-0.25, -0.2) is 9.97 Å². The summed E-state index contributed by atoms with van der Waals surface area (Å²) in [5, 5.41) is 4.77. The molecule has 3 aromatic heterocycles. The van der Waals surface area contributed by atoms with E-state index < -0.39 is 0 Å². The summed E-state index contributed by atoms with van der Waals surface area (Å²) in [6.45, 7) is 0. The molecule has 0 radical (unpaired) electrons. The topological polar surface area (TPSA) is 35.6 Å². The smallest absolute Gasteiger partial charge is 0.235 e. The molecule has 11 aromatic rings. The fourth-order valence-corrected chi connectivity index (χ4v) is 8.36. The Kier molecular flexibility index (Phi) is 7.46. The zero-order chi connectivity index (χ0) is 37.0. The molecule has 11 rings (SSSR count). The van der Waals surface area contributed by atoms with Crippen LogP contribution < -0.4 is 0 Å². The highest BCUT2D eigenvalue weighted by Crippen LogP contribution is 2.40. The SMILES string of the molecule is c1ccc(-c2cc(-c3ccccc3)nc(-n3c4ccccc4c4ccc(-c5ccc6c(c5)c5ccccc5n6-c5ccccc5-c5ccccc5)cc43)n2)cc1. The average Bonchev–Trinajstić information content (AvgIpc) is 3.79. The van der Waals surface area contributed by atoms with Crippen LogP contribution in [0.2, 0.25) is 0 Å². The van der Waals surface area contributed by atoms with Crippen LogP contribution in [0.1, 0.15) is 0 Å². The lowest BCUT2D eigenvalue weighted by molar-refractivity contribution is 0.996. The van der Waals surface area contributed by atoms with Gasteiger partial charge in [-0.1, -0.05) is 164 Å². The Bertz CT molecular complexity index is 3170. The van der Waals surface area contributed by atoms with Crippen LogP contribution in [0.3, 0.4) is 0 Å². The van der Waals surface area contributed by atoms with E-state index in [-0.39, 0.29) is 0 Å². The molecule has 0 spiro atoms. The van der Waals surface area contributed by atoms with Crippen molar-refractivity contribution in [2.45, 2.75) is 0 Å². The Hall–Kier alpha value is -7.56. The molecule has 56 heavy (non-hydrogen) atoms. The Balaban J connectivity index is 1.12. The molecular weight excluding hydrogens is 681 g/mol. The van der Waals surface area contributed by atoms with Gasteiger partial charge in [-0.3, -0.25) is 4.57 Å². The van der Waals surface area contributed by atoms with Crippen molar-refractivity contribution in [3.8, 4) is 56.4 Å². The van der Waals surface area contributed by atoms with Gasteiger partial charge in [0.1, 0.15) is 0 Å². The lowest BCUT2D eigenvalue weighted by Crippen LogP contribution is -2.04. The Labute approximate surface area is 324 Å². The molecule has 0 aliphatic rings. The van der Waals surface area contributed by atoms with Crippen molar-refractivity contribution in [1.29, 1.82) is 0 Å². The van der Waals surface area contributed by atoms with Crippen LogP contribution in [0, 0.1) is 0 Å². The van der Waals surface area contributed by atoms with Gasteiger partial charge in [-0.15, -0.1) is 0 Å². The number of hydrogen-bond acceptors (Lipinski definition) is 2. The maximum absolute atomic E-state index is 5.26. The number of nitrogens with zero attached hydrogens (tertiary/aromatic N) is 4. The molecule has 4 heteroatoms. The summed E-state index contributed by atoms with van der Waals surface area (Å²) in [6, 6.07) is 73.2. The maximum atomic E-state index is 5.26. The highest BCUT2D eigenvalue weighted by molar-refractivity contribution is 6.12. The van der Waals surface area contributed by atoms with Gasteiger partial charge >= 0.3 is 0 Å². The van der Waals surface area contributed by atoms with Crippen molar-refractivity contribution < 1.29 is 0 Å². The molecule has 0 aliphatic heterocycles. The van der Waals surface area contributed by atoms with Gasteiger partial charge in [0.25, 0.3) is 0 Å². The first-order chi connectivity index (χ1) is 27.8.